The molecule has 0 fully saturated rings. The number of rotatable bonds is 7. The van der Waals surface area contributed by atoms with E-state index >= 15 is 0 Å². The lowest BCUT2D eigenvalue weighted by molar-refractivity contribution is 0.170. The van der Waals surface area contributed by atoms with Crippen molar-refractivity contribution in [1.82, 2.24) is 5.32 Å². The standard InChI is InChI=1S/C18H23NO3/c1-13(2-3-14-4-8-16(20)9-5-14)19-12-18(22)15-6-10-17(21)11-7-15/h4-11,13,18-22H,2-3,12H2,1H3/i4D,5D,8D,9D,18D. The van der Waals surface area contributed by atoms with E-state index in [9.17, 15) is 15.3 Å². The van der Waals surface area contributed by atoms with Crippen molar-refractivity contribution in [2.24, 2.45) is 0 Å². The van der Waals surface area contributed by atoms with Crippen molar-refractivity contribution in [2.75, 3.05) is 6.54 Å². The molecule has 2 atom stereocenters. The maximum atomic E-state index is 10.3. The fraction of sp³-hybridized carbons (Fsp3) is 0.333. The van der Waals surface area contributed by atoms with Crippen LogP contribution in [0.15, 0.2) is 48.4 Å². The number of hydrogen-bond donors (Lipinski definition) is 4. The Bertz CT molecular complexity index is 783. The molecule has 0 amide bonds. The van der Waals surface area contributed by atoms with Crippen LogP contribution in [-0.2, 0) is 6.42 Å². The molecule has 22 heavy (non-hydrogen) atoms. The van der Waals surface area contributed by atoms with Gasteiger partial charge >= 0.3 is 0 Å². The summed E-state index contributed by atoms with van der Waals surface area (Å²) < 4.78 is 39.1. The van der Waals surface area contributed by atoms with Crippen LogP contribution in [0.2, 0.25) is 0 Å². The van der Waals surface area contributed by atoms with Crippen molar-refractivity contribution in [3.8, 4) is 11.5 Å². The van der Waals surface area contributed by atoms with Crippen LogP contribution in [0.1, 0.15) is 37.4 Å². The Labute approximate surface area is 138 Å². The molecule has 2 rings (SSSR count). The molecule has 0 aliphatic heterocycles. The first-order valence-corrected chi connectivity index (χ1v) is 7.08. The average Bonchev–Trinajstić information content (AvgIpc) is 2.63. The number of phenols is 2. The molecule has 0 aliphatic rings. The first-order valence-electron chi connectivity index (χ1n) is 9.58. The summed E-state index contributed by atoms with van der Waals surface area (Å²) in [6.45, 7) is 1.76. The maximum Gasteiger partial charge on any atom is 0.115 e. The van der Waals surface area contributed by atoms with Gasteiger partial charge in [-0.05, 0) is 55.1 Å². The van der Waals surface area contributed by atoms with Gasteiger partial charge in [-0.15, -0.1) is 0 Å². The number of aliphatic hydroxyl groups is 1. The molecule has 0 aromatic heterocycles. The van der Waals surface area contributed by atoms with Gasteiger partial charge in [-0.2, -0.15) is 0 Å². The molecule has 118 valence electrons. The summed E-state index contributed by atoms with van der Waals surface area (Å²) in [5, 5.41) is 32.2. The van der Waals surface area contributed by atoms with Gasteiger partial charge in [0.2, 0.25) is 0 Å². The predicted molar refractivity (Wildman–Crippen MR) is 87.0 cm³/mol. The molecule has 2 aromatic carbocycles. The van der Waals surface area contributed by atoms with Crippen molar-refractivity contribution in [3.05, 3.63) is 59.6 Å². The average molecular weight is 306 g/mol. The van der Waals surface area contributed by atoms with Gasteiger partial charge in [-0.3, -0.25) is 0 Å². The molecule has 0 bridgehead atoms. The van der Waals surface area contributed by atoms with Crippen LogP contribution in [-0.4, -0.2) is 27.9 Å². The summed E-state index contributed by atoms with van der Waals surface area (Å²) in [4.78, 5) is 0. The first kappa shape index (κ1) is 10.6. The molecule has 0 radical (unpaired) electrons. The van der Waals surface area contributed by atoms with E-state index in [0.29, 0.717) is 12.0 Å². The van der Waals surface area contributed by atoms with E-state index in [4.69, 9.17) is 6.85 Å². The third-order valence-electron chi connectivity index (χ3n) is 3.31. The summed E-state index contributed by atoms with van der Waals surface area (Å²) >= 11 is 0. The summed E-state index contributed by atoms with van der Waals surface area (Å²) in [6, 6.07) is 4.11. The van der Waals surface area contributed by atoms with Gasteiger partial charge in [0.1, 0.15) is 11.5 Å². The van der Waals surface area contributed by atoms with Crippen LogP contribution < -0.4 is 5.32 Å². The minimum absolute atomic E-state index is 0.0460. The van der Waals surface area contributed by atoms with E-state index in [1.165, 1.54) is 24.3 Å². The summed E-state index contributed by atoms with van der Waals surface area (Å²) in [5.41, 5.74) is 0.550. The number of nitrogens with one attached hydrogen (secondary N) is 1. The number of hydrogen-bond acceptors (Lipinski definition) is 4. The molecule has 0 saturated heterocycles. The van der Waals surface area contributed by atoms with Gasteiger partial charge < -0.3 is 20.6 Å². The zero-order valence-electron chi connectivity index (χ0n) is 17.3. The molecule has 0 aliphatic carbocycles. The highest BCUT2D eigenvalue weighted by Crippen LogP contribution is 2.16. The fourth-order valence-electron chi connectivity index (χ4n) is 1.95. The van der Waals surface area contributed by atoms with Crippen LogP contribution in [0.4, 0.5) is 0 Å². The van der Waals surface area contributed by atoms with Gasteiger partial charge in [-0.25, -0.2) is 0 Å². The monoisotopic (exact) mass is 306 g/mol. The number of aromatic hydroxyl groups is 2. The highest BCUT2D eigenvalue weighted by molar-refractivity contribution is 5.27. The number of phenolic OH excluding ortho intramolecular Hbond substituents is 2. The smallest absolute Gasteiger partial charge is 0.115 e. The van der Waals surface area contributed by atoms with Gasteiger partial charge in [0.25, 0.3) is 0 Å². The fourth-order valence-corrected chi connectivity index (χ4v) is 1.95. The van der Waals surface area contributed by atoms with Crippen molar-refractivity contribution < 1.29 is 22.2 Å². The molecule has 0 heterocycles. The van der Waals surface area contributed by atoms with E-state index in [2.05, 4.69) is 5.32 Å². The lowest BCUT2D eigenvalue weighted by Gasteiger charge is -2.17. The summed E-state index contributed by atoms with van der Waals surface area (Å²) in [7, 11) is 0. The second-order valence-electron chi connectivity index (χ2n) is 5.14. The molecule has 2 aromatic rings. The Morgan fingerprint density at radius 3 is 2.36 bits per heavy atom. The van der Waals surface area contributed by atoms with Gasteiger partial charge in [0.15, 0.2) is 0 Å². The Kier molecular flexibility index (Phi) is 3.79. The molecule has 4 nitrogen and oxygen atoms in total. The molecule has 2 unspecified atom stereocenters. The zero-order chi connectivity index (χ0) is 20.4. The Morgan fingerprint density at radius 2 is 1.73 bits per heavy atom. The quantitative estimate of drug-likeness (QED) is 0.635. The Morgan fingerprint density at radius 1 is 1.09 bits per heavy atom. The van der Waals surface area contributed by atoms with Gasteiger partial charge in [-0.1, -0.05) is 24.2 Å². The van der Waals surface area contributed by atoms with E-state index < -0.39 is 23.9 Å². The molecular formula is C18H23NO3. The third kappa shape index (κ3) is 5.06. The second-order valence-corrected chi connectivity index (χ2v) is 5.14. The van der Waals surface area contributed by atoms with Crippen molar-refractivity contribution in [1.29, 1.82) is 0 Å². The van der Waals surface area contributed by atoms with Crippen LogP contribution in [0, 0.1) is 0 Å². The molecule has 4 heteroatoms. The van der Waals surface area contributed by atoms with E-state index in [0.717, 1.165) is 0 Å². The molecule has 0 saturated carbocycles. The second kappa shape index (κ2) is 7.82. The molecule has 4 N–H and O–H groups in total. The van der Waals surface area contributed by atoms with E-state index in [1.807, 2.05) is 6.92 Å². The minimum Gasteiger partial charge on any atom is -0.508 e. The van der Waals surface area contributed by atoms with Gasteiger partial charge in [0, 0.05) is 12.6 Å². The zero-order valence-corrected chi connectivity index (χ0v) is 12.3. The van der Waals surface area contributed by atoms with Gasteiger partial charge in [0.05, 0.1) is 12.9 Å². The third-order valence-corrected chi connectivity index (χ3v) is 3.31. The maximum absolute atomic E-state index is 10.3. The molecular weight excluding hydrogens is 278 g/mol. The van der Waals surface area contributed by atoms with E-state index in [-0.39, 0.29) is 42.4 Å². The van der Waals surface area contributed by atoms with Crippen LogP contribution >= 0.6 is 0 Å². The largest absolute Gasteiger partial charge is 0.508 e. The minimum atomic E-state index is -1.88. The van der Waals surface area contributed by atoms with E-state index in [1.54, 1.807) is 0 Å². The number of benzene rings is 2. The van der Waals surface area contributed by atoms with Crippen molar-refractivity contribution in [3.63, 3.8) is 0 Å². The lowest BCUT2D eigenvalue weighted by Crippen LogP contribution is -2.30. The lowest BCUT2D eigenvalue weighted by atomic mass is 10.1. The molecule has 0 spiro atoms. The Hall–Kier alpha value is -2.04. The van der Waals surface area contributed by atoms with Crippen LogP contribution in [0.3, 0.4) is 0 Å². The SMILES string of the molecule is [2H]c1c([2H])c(CCC(C)NCC([2H])(O)c2ccc(O)cc2)c([2H])c([2H])c1O. The summed E-state index contributed by atoms with van der Waals surface area (Å²) in [5.74, 6) is -0.613. The van der Waals surface area contributed by atoms with Crippen molar-refractivity contribution >= 4 is 0 Å². The highest BCUT2D eigenvalue weighted by atomic mass is 16.3. The highest BCUT2D eigenvalue weighted by Gasteiger charge is 2.09. The normalized spacial score (nSPS) is 18.4. The first-order chi connectivity index (χ1) is 12.5. The van der Waals surface area contributed by atoms with Crippen LogP contribution in [0.5, 0.6) is 11.5 Å². The van der Waals surface area contributed by atoms with Crippen LogP contribution in [0.25, 0.3) is 0 Å². The van der Waals surface area contributed by atoms with Crippen molar-refractivity contribution in [2.45, 2.75) is 31.9 Å². The topological polar surface area (TPSA) is 72.7 Å². The predicted octanol–water partition coefficient (Wildman–Crippen LogP) is 2.74. The Balaban J connectivity index is 1.99. The summed E-state index contributed by atoms with van der Waals surface area (Å²) in [6.07, 6.45) is -1.18.